The molecule has 0 saturated heterocycles. The number of rotatable bonds is 2. The minimum atomic E-state index is -1.07. The highest BCUT2D eigenvalue weighted by atomic mass is 16.4. The topological polar surface area (TPSA) is 63.1 Å². The number of hydrogen-bond acceptors (Lipinski definition) is 3. The molecule has 0 spiro atoms. The van der Waals surface area contributed by atoms with Gasteiger partial charge < -0.3 is 5.11 Å². The SMILES string of the molecule is O=C(O)c1cnc(-c2ccccc2)cn1. The Morgan fingerprint density at radius 3 is 2.33 bits per heavy atom. The summed E-state index contributed by atoms with van der Waals surface area (Å²) in [4.78, 5) is 18.4. The summed E-state index contributed by atoms with van der Waals surface area (Å²) >= 11 is 0. The zero-order chi connectivity index (χ0) is 10.7. The van der Waals surface area contributed by atoms with E-state index in [1.165, 1.54) is 12.4 Å². The van der Waals surface area contributed by atoms with Crippen molar-refractivity contribution in [2.75, 3.05) is 0 Å². The second-order valence-corrected chi connectivity index (χ2v) is 2.96. The molecule has 0 bridgehead atoms. The van der Waals surface area contributed by atoms with Crippen molar-refractivity contribution in [2.45, 2.75) is 0 Å². The quantitative estimate of drug-likeness (QED) is 0.803. The third kappa shape index (κ3) is 1.99. The third-order valence-electron chi connectivity index (χ3n) is 1.94. The molecule has 0 amide bonds. The van der Waals surface area contributed by atoms with Gasteiger partial charge in [0.05, 0.1) is 18.1 Å². The molecule has 74 valence electrons. The summed E-state index contributed by atoms with van der Waals surface area (Å²) in [5.74, 6) is -1.07. The van der Waals surface area contributed by atoms with Crippen molar-refractivity contribution in [2.24, 2.45) is 0 Å². The lowest BCUT2D eigenvalue weighted by molar-refractivity contribution is 0.0690. The first-order valence-corrected chi connectivity index (χ1v) is 4.38. The van der Waals surface area contributed by atoms with Gasteiger partial charge in [-0.2, -0.15) is 0 Å². The van der Waals surface area contributed by atoms with Gasteiger partial charge in [-0.15, -0.1) is 0 Å². The molecule has 0 unspecified atom stereocenters. The van der Waals surface area contributed by atoms with Gasteiger partial charge in [-0.05, 0) is 0 Å². The zero-order valence-electron chi connectivity index (χ0n) is 7.79. The molecular formula is C11H8N2O2. The van der Waals surface area contributed by atoms with E-state index in [0.29, 0.717) is 5.69 Å². The third-order valence-corrected chi connectivity index (χ3v) is 1.94. The van der Waals surface area contributed by atoms with Crippen molar-refractivity contribution >= 4 is 5.97 Å². The minimum Gasteiger partial charge on any atom is -0.476 e. The molecule has 0 saturated carbocycles. The summed E-state index contributed by atoms with van der Waals surface area (Å²) in [5, 5.41) is 8.64. The fourth-order valence-electron chi connectivity index (χ4n) is 1.20. The zero-order valence-corrected chi connectivity index (χ0v) is 7.79. The molecule has 0 radical (unpaired) electrons. The predicted molar refractivity (Wildman–Crippen MR) is 54.4 cm³/mol. The Hall–Kier alpha value is -2.23. The van der Waals surface area contributed by atoms with Crippen LogP contribution in [0.15, 0.2) is 42.7 Å². The summed E-state index contributed by atoms with van der Waals surface area (Å²) in [7, 11) is 0. The molecule has 0 fully saturated rings. The molecule has 0 aliphatic carbocycles. The van der Waals surface area contributed by atoms with E-state index in [2.05, 4.69) is 9.97 Å². The molecule has 0 aliphatic rings. The lowest BCUT2D eigenvalue weighted by atomic mass is 10.2. The van der Waals surface area contributed by atoms with Crippen molar-refractivity contribution in [1.29, 1.82) is 0 Å². The summed E-state index contributed by atoms with van der Waals surface area (Å²) in [5.41, 5.74) is 1.54. The van der Waals surface area contributed by atoms with Crippen LogP contribution < -0.4 is 0 Å². The van der Waals surface area contributed by atoms with E-state index in [1.54, 1.807) is 0 Å². The van der Waals surface area contributed by atoms with Crippen molar-refractivity contribution in [3.05, 3.63) is 48.4 Å². The molecule has 1 heterocycles. The number of carbonyl (C=O) groups is 1. The van der Waals surface area contributed by atoms with E-state index >= 15 is 0 Å². The van der Waals surface area contributed by atoms with Gasteiger partial charge in [0.1, 0.15) is 0 Å². The van der Waals surface area contributed by atoms with Crippen LogP contribution in [0.2, 0.25) is 0 Å². The number of carboxylic acids is 1. The van der Waals surface area contributed by atoms with Gasteiger partial charge in [0.2, 0.25) is 0 Å². The Morgan fingerprint density at radius 2 is 1.80 bits per heavy atom. The largest absolute Gasteiger partial charge is 0.476 e. The first-order chi connectivity index (χ1) is 7.27. The van der Waals surface area contributed by atoms with Crippen molar-refractivity contribution in [1.82, 2.24) is 9.97 Å². The maximum Gasteiger partial charge on any atom is 0.356 e. The van der Waals surface area contributed by atoms with Gasteiger partial charge in [0.25, 0.3) is 0 Å². The Bertz CT molecular complexity index is 466. The van der Waals surface area contributed by atoms with E-state index in [1.807, 2.05) is 30.3 Å². The molecule has 2 aromatic rings. The van der Waals surface area contributed by atoms with E-state index in [9.17, 15) is 4.79 Å². The van der Waals surface area contributed by atoms with Crippen LogP contribution in [0.5, 0.6) is 0 Å². The number of aromatic carboxylic acids is 1. The average molecular weight is 200 g/mol. The lowest BCUT2D eigenvalue weighted by Gasteiger charge is -1.99. The van der Waals surface area contributed by atoms with Crippen LogP contribution in [-0.2, 0) is 0 Å². The number of benzene rings is 1. The van der Waals surface area contributed by atoms with E-state index < -0.39 is 5.97 Å². The van der Waals surface area contributed by atoms with Gasteiger partial charge in [-0.25, -0.2) is 9.78 Å². The number of carboxylic acid groups (broad SMARTS) is 1. The second-order valence-electron chi connectivity index (χ2n) is 2.96. The van der Waals surface area contributed by atoms with Crippen LogP contribution in [0.1, 0.15) is 10.5 Å². The highest BCUT2D eigenvalue weighted by Gasteiger charge is 2.05. The molecule has 1 aromatic carbocycles. The lowest BCUT2D eigenvalue weighted by Crippen LogP contribution is -2.00. The molecular weight excluding hydrogens is 192 g/mol. The van der Waals surface area contributed by atoms with Crippen LogP contribution in [0.3, 0.4) is 0 Å². The summed E-state index contributed by atoms with van der Waals surface area (Å²) < 4.78 is 0. The number of hydrogen-bond donors (Lipinski definition) is 1. The van der Waals surface area contributed by atoms with E-state index in [-0.39, 0.29) is 5.69 Å². The van der Waals surface area contributed by atoms with Crippen molar-refractivity contribution in [3.63, 3.8) is 0 Å². The van der Waals surface area contributed by atoms with Crippen molar-refractivity contribution in [3.8, 4) is 11.3 Å². The van der Waals surface area contributed by atoms with E-state index in [4.69, 9.17) is 5.11 Å². The normalized spacial score (nSPS) is 9.87. The van der Waals surface area contributed by atoms with Crippen LogP contribution in [0.25, 0.3) is 11.3 Å². The predicted octanol–water partition coefficient (Wildman–Crippen LogP) is 1.84. The highest BCUT2D eigenvalue weighted by Crippen LogP contribution is 2.14. The molecule has 15 heavy (non-hydrogen) atoms. The molecule has 0 atom stereocenters. The minimum absolute atomic E-state index is 0.0466. The molecule has 1 N–H and O–H groups in total. The maximum atomic E-state index is 10.5. The molecule has 1 aromatic heterocycles. The highest BCUT2D eigenvalue weighted by molar-refractivity contribution is 5.85. The molecule has 4 nitrogen and oxygen atoms in total. The second kappa shape index (κ2) is 3.88. The van der Waals surface area contributed by atoms with Crippen LogP contribution in [-0.4, -0.2) is 21.0 Å². The Balaban J connectivity index is 2.36. The number of aromatic nitrogens is 2. The first-order valence-electron chi connectivity index (χ1n) is 4.38. The van der Waals surface area contributed by atoms with Gasteiger partial charge in [0.15, 0.2) is 5.69 Å². The summed E-state index contributed by atoms with van der Waals surface area (Å²) in [6.07, 6.45) is 2.71. The van der Waals surface area contributed by atoms with Gasteiger partial charge >= 0.3 is 5.97 Å². The Kier molecular flexibility index (Phi) is 2.41. The fourth-order valence-corrected chi connectivity index (χ4v) is 1.20. The molecule has 2 rings (SSSR count). The summed E-state index contributed by atoms with van der Waals surface area (Å²) in [6, 6.07) is 9.47. The van der Waals surface area contributed by atoms with Crippen LogP contribution >= 0.6 is 0 Å². The van der Waals surface area contributed by atoms with Gasteiger partial charge in [-0.3, -0.25) is 4.98 Å². The fraction of sp³-hybridized carbons (Fsp3) is 0. The van der Waals surface area contributed by atoms with Crippen molar-refractivity contribution < 1.29 is 9.90 Å². The standard InChI is InChI=1S/C11H8N2O2/c14-11(15)10-7-12-9(6-13-10)8-4-2-1-3-5-8/h1-7H,(H,14,15). The van der Waals surface area contributed by atoms with Gasteiger partial charge in [0, 0.05) is 5.56 Å². The summed E-state index contributed by atoms with van der Waals surface area (Å²) in [6.45, 7) is 0. The maximum absolute atomic E-state index is 10.5. The van der Waals surface area contributed by atoms with E-state index in [0.717, 1.165) is 5.56 Å². The smallest absolute Gasteiger partial charge is 0.356 e. The molecule has 0 aliphatic heterocycles. The average Bonchev–Trinajstić information content (AvgIpc) is 2.30. The van der Waals surface area contributed by atoms with Crippen LogP contribution in [0, 0.1) is 0 Å². The molecule has 4 heteroatoms. The monoisotopic (exact) mass is 200 g/mol. The van der Waals surface area contributed by atoms with Crippen LogP contribution in [0.4, 0.5) is 0 Å². The Labute approximate surface area is 86.2 Å². The van der Waals surface area contributed by atoms with Gasteiger partial charge in [-0.1, -0.05) is 30.3 Å². The number of nitrogens with zero attached hydrogens (tertiary/aromatic N) is 2. The Morgan fingerprint density at radius 1 is 1.07 bits per heavy atom. The first kappa shape index (κ1) is 9.33.